The molecule has 0 aliphatic heterocycles. The van der Waals surface area contributed by atoms with Gasteiger partial charge >= 0.3 is 0 Å². The van der Waals surface area contributed by atoms with Crippen molar-refractivity contribution in [2.45, 2.75) is 20.4 Å². The summed E-state index contributed by atoms with van der Waals surface area (Å²) >= 11 is 13.5. The number of nitrogens with two attached hydrogens (primary N) is 1. The van der Waals surface area contributed by atoms with Crippen LogP contribution in [0.1, 0.15) is 19.4 Å². The van der Waals surface area contributed by atoms with E-state index in [0.29, 0.717) is 15.9 Å². The van der Waals surface area contributed by atoms with E-state index in [9.17, 15) is 0 Å². The van der Waals surface area contributed by atoms with E-state index in [2.05, 4.69) is 25.8 Å². The highest BCUT2D eigenvalue weighted by Crippen LogP contribution is 2.33. The molecule has 92 valence electrons. The first-order valence-corrected chi connectivity index (χ1v) is 6.79. The number of hydrogen-bond donors (Lipinski definition) is 1. The molecule has 16 heavy (non-hydrogen) atoms. The molecule has 5 heteroatoms. The molecule has 2 N–H and O–H groups in total. The lowest BCUT2D eigenvalue weighted by atomic mass is 9.93. The molecule has 1 aromatic rings. The third-order valence-corrected chi connectivity index (χ3v) is 4.36. The van der Waals surface area contributed by atoms with Crippen LogP contribution in [-0.4, -0.2) is 25.0 Å². The van der Waals surface area contributed by atoms with Crippen LogP contribution in [-0.2, 0) is 6.54 Å². The molecule has 0 radical (unpaired) electrons. The van der Waals surface area contributed by atoms with Crippen LogP contribution in [0.3, 0.4) is 0 Å². The predicted molar refractivity (Wildman–Crippen MR) is 73.5 cm³/mol. The highest BCUT2D eigenvalue weighted by molar-refractivity contribution is 7.15. The lowest BCUT2D eigenvalue weighted by Crippen LogP contribution is -2.36. The van der Waals surface area contributed by atoms with Crippen molar-refractivity contribution in [2.24, 2.45) is 11.1 Å². The maximum Gasteiger partial charge on any atom is 0.112 e. The van der Waals surface area contributed by atoms with Crippen LogP contribution in [0.2, 0.25) is 9.36 Å². The molecule has 1 heterocycles. The molecule has 0 aromatic carbocycles. The minimum Gasteiger partial charge on any atom is -0.330 e. The molecule has 2 nitrogen and oxygen atoms in total. The summed E-state index contributed by atoms with van der Waals surface area (Å²) < 4.78 is 0.670. The average molecular weight is 281 g/mol. The Kier molecular flexibility index (Phi) is 5.08. The largest absolute Gasteiger partial charge is 0.330 e. The van der Waals surface area contributed by atoms with Gasteiger partial charge in [-0.25, -0.2) is 0 Å². The normalized spacial score (nSPS) is 12.4. The molecule has 1 rings (SSSR count). The van der Waals surface area contributed by atoms with E-state index in [0.717, 1.165) is 18.7 Å². The highest BCUT2D eigenvalue weighted by atomic mass is 35.5. The van der Waals surface area contributed by atoms with Crippen molar-refractivity contribution in [1.29, 1.82) is 0 Å². The summed E-state index contributed by atoms with van der Waals surface area (Å²) in [6.45, 7) is 6.74. The fraction of sp³-hybridized carbons (Fsp3) is 0.636. The zero-order chi connectivity index (χ0) is 12.3. The molecule has 0 aliphatic rings. The van der Waals surface area contributed by atoms with E-state index in [1.807, 2.05) is 5.38 Å². The van der Waals surface area contributed by atoms with Gasteiger partial charge in [-0.05, 0) is 30.0 Å². The smallest absolute Gasteiger partial charge is 0.112 e. The minimum atomic E-state index is 0.126. The molecule has 0 unspecified atom stereocenters. The van der Waals surface area contributed by atoms with Crippen molar-refractivity contribution < 1.29 is 0 Å². The standard InChI is InChI=1S/C11H18Cl2N2S/c1-11(2,6-14)7-15(3)4-8-5-16-10(13)9(8)12/h5H,4,6-7,14H2,1-3H3. The lowest BCUT2D eigenvalue weighted by molar-refractivity contribution is 0.210. The molecular weight excluding hydrogens is 263 g/mol. The van der Waals surface area contributed by atoms with Gasteiger partial charge in [0.25, 0.3) is 0 Å². The Morgan fingerprint density at radius 2 is 2.06 bits per heavy atom. The number of thiophene rings is 1. The summed E-state index contributed by atoms with van der Waals surface area (Å²) in [5.41, 5.74) is 6.93. The SMILES string of the molecule is CN(Cc1csc(Cl)c1Cl)CC(C)(C)CN. The second kappa shape index (κ2) is 5.69. The fourth-order valence-electron chi connectivity index (χ4n) is 1.60. The van der Waals surface area contributed by atoms with Gasteiger partial charge < -0.3 is 10.6 Å². The van der Waals surface area contributed by atoms with Crippen molar-refractivity contribution in [2.75, 3.05) is 20.1 Å². The van der Waals surface area contributed by atoms with E-state index in [1.165, 1.54) is 11.3 Å². The molecule has 0 aliphatic carbocycles. The number of rotatable bonds is 5. The Morgan fingerprint density at radius 3 is 2.50 bits per heavy atom. The molecule has 0 saturated heterocycles. The summed E-state index contributed by atoms with van der Waals surface area (Å²) in [5, 5.41) is 2.69. The zero-order valence-corrected chi connectivity index (χ0v) is 12.2. The second-order valence-corrected chi connectivity index (χ2v) is 6.75. The first-order valence-electron chi connectivity index (χ1n) is 5.16. The predicted octanol–water partition coefficient (Wildman–Crippen LogP) is 3.47. The number of hydrogen-bond acceptors (Lipinski definition) is 3. The van der Waals surface area contributed by atoms with Crippen molar-refractivity contribution in [3.8, 4) is 0 Å². The van der Waals surface area contributed by atoms with Crippen LogP contribution in [0.15, 0.2) is 5.38 Å². The van der Waals surface area contributed by atoms with Crippen molar-refractivity contribution >= 4 is 34.5 Å². The van der Waals surface area contributed by atoms with Gasteiger partial charge in [-0.3, -0.25) is 0 Å². The van der Waals surface area contributed by atoms with Crippen molar-refractivity contribution in [3.05, 3.63) is 20.3 Å². The van der Waals surface area contributed by atoms with E-state index >= 15 is 0 Å². The first-order chi connectivity index (χ1) is 7.35. The molecule has 0 bridgehead atoms. The number of nitrogens with zero attached hydrogens (tertiary/aromatic N) is 1. The average Bonchev–Trinajstić information content (AvgIpc) is 2.49. The summed E-state index contributed by atoms with van der Waals surface area (Å²) in [4.78, 5) is 2.22. The zero-order valence-electron chi connectivity index (χ0n) is 9.89. The molecule has 0 spiro atoms. The van der Waals surface area contributed by atoms with Gasteiger partial charge in [0, 0.05) is 13.1 Å². The quantitative estimate of drug-likeness (QED) is 0.895. The van der Waals surface area contributed by atoms with E-state index in [-0.39, 0.29) is 5.41 Å². The summed E-state index contributed by atoms with van der Waals surface area (Å²) in [6.07, 6.45) is 0. The Morgan fingerprint density at radius 1 is 1.44 bits per heavy atom. The summed E-state index contributed by atoms with van der Waals surface area (Å²) in [7, 11) is 2.07. The highest BCUT2D eigenvalue weighted by Gasteiger charge is 2.19. The van der Waals surface area contributed by atoms with E-state index in [4.69, 9.17) is 28.9 Å². The Hall–Kier alpha value is 0.200. The minimum absolute atomic E-state index is 0.126. The fourth-order valence-corrected chi connectivity index (χ4v) is 2.84. The summed E-state index contributed by atoms with van der Waals surface area (Å²) in [5.74, 6) is 0. The molecule has 0 atom stereocenters. The molecule has 0 saturated carbocycles. The molecule has 0 amide bonds. The van der Waals surface area contributed by atoms with Crippen LogP contribution in [0, 0.1) is 5.41 Å². The maximum atomic E-state index is 6.09. The topological polar surface area (TPSA) is 29.3 Å². The van der Waals surface area contributed by atoms with Crippen molar-refractivity contribution in [1.82, 2.24) is 4.90 Å². The second-order valence-electron chi connectivity index (χ2n) is 4.89. The Bertz CT molecular complexity index is 350. The maximum absolute atomic E-state index is 6.09. The van der Waals surface area contributed by atoms with Crippen LogP contribution in [0.25, 0.3) is 0 Å². The molecule has 1 aromatic heterocycles. The van der Waals surface area contributed by atoms with Crippen molar-refractivity contribution in [3.63, 3.8) is 0 Å². The molecular formula is C11H18Cl2N2S. The Labute approximate surface area is 111 Å². The Balaban J connectivity index is 2.58. The summed E-state index contributed by atoms with van der Waals surface area (Å²) in [6, 6.07) is 0. The van der Waals surface area contributed by atoms with Gasteiger partial charge in [-0.1, -0.05) is 37.0 Å². The van der Waals surface area contributed by atoms with Gasteiger partial charge in [0.15, 0.2) is 0 Å². The van der Waals surface area contributed by atoms with Crippen LogP contribution in [0.4, 0.5) is 0 Å². The lowest BCUT2D eigenvalue weighted by Gasteiger charge is -2.28. The van der Waals surface area contributed by atoms with Crippen LogP contribution < -0.4 is 5.73 Å². The monoisotopic (exact) mass is 280 g/mol. The van der Waals surface area contributed by atoms with Crippen LogP contribution >= 0.6 is 34.5 Å². The van der Waals surface area contributed by atoms with Gasteiger partial charge in [0.05, 0.1) is 5.02 Å². The van der Waals surface area contributed by atoms with Gasteiger partial charge in [-0.2, -0.15) is 0 Å². The van der Waals surface area contributed by atoms with Crippen LogP contribution in [0.5, 0.6) is 0 Å². The molecule has 0 fully saturated rings. The van der Waals surface area contributed by atoms with Gasteiger partial charge in [0.2, 0.25) is 0 Å². The van der Waals surface area contributed by atoms with Gasteiger partial charge in [0.1, 0.15) is 4.34 Å². The van der Waals surface area contributed by atoms with E-state index < -0.39 is 0 Å². The first kappa shape index (κ1) is 14.3. The van der Waals surface area contributed by atoms with Gasteiger partial charge in [-0.15, -0.1) is 11.3 Å². The van der Waals surface area contributed by atoms with E-state index in [1.54, 1.807) is 0 Å². The third kappa shape index (κ3) is 3.90. The third-order valence-electron chi connectivity index (χ3n) is 2.45. The number of halogens is 2.